The summed E-state index contributed by atoms with van der Waals surface area (Å²) in [4.78, 5) is 7.59. The van der Waals surface area contributed by atoms with Gasteiger partial charge in [-0.25, -0.2) is 0 Å². The Morgan fingerprint density at radius 1 is 1.11 bits per heavy atom. The molecule has 27 heavy (non-hydrogen) atoms. The van der Waals surface area contributed by atoms with Crippen LogP contribution in [0.4, 0.5) is 0 Å². The van der Waals surface area contributed by atoms with Gasteiger partial charge in [0, 0.05) is 11.8 Å². The van der Waals surface area contributed by atoms with Crippen molar-refractivity contribution in [3.05, 3.63) is 23.8 Å². The van der Waals surface area contributed by atoms with Crippen LogP contribution in [0.2, 0.25) is 0 Å². The van der Waals surface area contributed by atoms with Gasteiger partial charge in [0.25, 0.3) is 0 Å². The van der Waals surface area contributed by atoms with Crippen LogP contribution < -0.4 is 9.47 Å². The van der Waals surface area contributed by atoms with E-state index in [1.807, 2.05) is 30.5 Å². The van der Waals surface area contributed by atoms with Crippen LogP contribution in [-0.4, -0.2) is 50.0 Å². The maximum absolute atomic E-state index is 8.68. The average Bonchev–Trinajstić information content (AvgIpc) is 2.74. The molecule has 1 heterocycles. The summed E-state index contributed by atoms with van der Waals surface area (Å²) in [5.41, 5.74) is 1.26. The van der Waals surface area contributed by atoms with Crippen LogP contribution in [0.25, 0.3) is 0 Å². The Labute approximate surface area is 163 Å². The minimum atomic E-state index is 0.0160. The van der Waals surface area contributed by atoms with Crippen LogP contribution in [-0.2, 0) is 0 Å². The van der Waals surface area contributed by atoms with Crippen LogP contribution in [0, 0.1) is 11.3 Å². The fraction of sp³-hybridized carbons (Fsp3) is 0.636. The van der Waals surface area contributed by atoms with Crippen molar-refractivity contribution in [3.8, 4) is 17.6 Å². The van der Waals surface area contributed by atoms with Crippen molar-refractivity contribution in [2.45, 2.75) is 56.9 Å². The van der Waals surface area contributed by atoms with E-state index in [1.165, 1.54) is 64.5 Å². The molecule has 0 unspecified atom stereocenters. The van der Waals surface area contributed by atoms with E-state index in [9.17, 15) is 0 Å². The molecule has 1 saturated heterocycles. The Morgan fingerprint density at radius 2 is 1.85 bits per heavy atom. The Hall–Kier alpha value is -2.06. The fourth-order valence-corrected chi connectivity index (χ4v) is 4.47. The van der Waals surface area contributed by atoms with Crippen molar-refractivity contribution in [1.82, 2.24) is 4.90 Å². The van der Waals surface area contributed by atoms with Crippen LogP contribution >= 0.6 is 0 Å². The molecule has 1 aromatic rings. The Balaban J connectivity index is 1.69. The van der Waals surface area contributed by atoms with Crippen molar-refractivity contribution < 1.29 is 9.47 Å². The van der Waals surface area contributed by atoms with Gasteiger partial charge in [-0.05, 0) is 62.5 Å². The summed E-state index contributed by atoms with van der Waals surface area (Å²) in [6.07, 6.45) is 12.5. The summed E-state index contributed by atoms with van der Waals surface area (Å²) in [6.45, 7) is 3.35. The minimum absolute atomic E-state index is 0.0160. The molecule has 1 saturated carbocycles. The molecule has 146 valence electrons. The van der Waals surface area contributed by atoms with Crippen LogP contribution in [0.1, 0.15) is 56.9 Å². The third-order valence-electron chi connectivity index (χ3n) is 5.92. The fourth-order valence-electron chi connectivity index (χ4n) is 4.47. The molecule has 1 aliphatic carbocycles. The van der Waals surface area contributed by atoms with E-state index >= 15 is 0 Å². The van der Waals surface area contributed by atoms with E-state index in [4.69, 9.17) is 19.7 Å². The number of benzene rings is 1. The van der Waals surface area contributed by atoms with Gasteiger partial charge in [0.15, 0.2) is 18.1 Å². The standard InChI is InChI=1S/C22H31N3O2/c1-26-21-16-19(8-9-20(21)27-15-12-23)17-24-18-22(10-4-2-5-11-22)25-13-6-3-7-14-25/h8-9,16-17H,2-7,10-11,13-15,18H2,1H3. The normalized spacial score (nSPS) is 20.3. The molecule has 0 radical (unpaired) electrons. The summed E-state index contributed by atoms with van der Waals surface area (Å²) in [5, 5.41) is 8.68. The lowest BCUT2D eigenvalue weighted by atomic mass is 9.79. The number of ether oxygens (including phenoxy) is 2. The smallest absolute Gasteiger partial charge is 0.174 e. The van der Waals surface area contributed by atoms with Crippen molar-refractivity contribution in [1.29, 1.82) is 5.26 Å². The third kappa shape index (κ3) is 5.01. The number of methoxy groups -OCH3 is 1. The zero-order valence-electron chi connectivity index (χ0n) is 16.5. The number of nitrogens with zero attached hydrogens (tertiary/aromatic N) is 3. The van der Waals surface area contributed by atoms with Crippen LogP contribution in [0.3, 0.4) is 0 Å². The van der Waals surface area contributed by atoms with Crippen molar-refractivity contribution in [2.24, 2.45) is 4.99 Å². The minimum Gasteiger partial charge on any atom is -0.493 e. The highest BCUT2D eigenvalue weighted by Gasteiger charge is 2.37. The molecular weight excluding hydrogens is 338 g/mol. The second-order valence-electron chi connectivity index (χ2n) is 7.66. The van der Waals surface area contributed by atoms with Gasteiger partial charge in [-0.3, -0.25) is 9.89 Å². The molecule has 3 rings (SSSR count). The second-order valence-corrected chi connectivity index (χ2v) is 7.66. The number of hydrogen-bond acceptors (Lipinski definition) is 5. The molecule has 5 nitrogen and oxygen atoms in total. The molecule has 0 atom stereocenters. The van der Waals surface area contributed by atoms with E-state index < -0.39 is 0 Å². The van der Waals surface area contributed by atoms with E-state index in [-0.39, 0.29) is 12.1 Å². The summed E-state index contributed by atoms with van der Waals surface area (Å²) < 4.78 is 10.8. The van der Waals surface area contributed by atoms with Gasteiger partial charge in [-0.15, -0.1) is 0 Å². The van der Waals surface area contributed by atoms with E-state index in [2.05, 4.69) is 4.90 Å². The molecule has 2 fully saturated rings. The summed E-state index contributed by atoms with van der Waals surface area (Å²) >= 11 is 0. The van der Waals surface area contributed by atoms with Crippen LogP contribution in [0.15, 0.2) is 23.2 Å². The highest BCUT2D eigenvalue weighted by molar-refractivity contribution is 5.81. The van der Waals surface area contributed by atoms with E-state index in [0.29, 0.717) is 11.5 Å². The predicted octanol–water partition coefficient (Wildman–Crippen LogP) is 4.21. The van der Waals surface area contributed by atoms with Gasteiger partial charge in [-0.1, -0.05) is 25.7 Å². The molecule has 1 aromatic carbocycles. The first-order chi connectivity index (χ1) is 13.3. The summed E-state index contributed by atoms with van der Waals surface area (Å²) in [6, 6.07) is 7.71. The maximum Gasteiger partial charge on any atom is 0.174 e. The summed E-state index contributed by atoms with van der Waals surface area (Å²) in [7, 11) is 1.61. The van der Waals surface area contributed by atoms with E-state index in [1.54, 1.807) is 7.11 Å². The number of piperidine rings is 1. The zero-order valence-corrected chi connectivity index (χ0v) is 16.5. The quantitative estimate of drug-likeness (QED) is 0.676. The molecule has 0 aromatic heterocycles. The molecule has 0 amide bonds. The highest BCUT2D eigenvalue weighted by atomic mass is 16.5. The van der Waals surface area contributed by atoms with Gasteiger partial charge >= 0.3 is 0 Å². The van der Waals surface area contributed by atoms with E-state index in [0.717, 1.165) is 12.1 Å². The van der Waals surface area contributed by atoms with Crippen molar-refractivity contribution in [2.75, 3.05) is 33.4 Å². The lowest BCUT2D eigenvalue weighted by Crippen LogP contribution is -2.54. The first kappa shape index (κ1) is 19.7. The SMILES string of the molecule is COc1cc(C=NCC2(N3CCCCC3)CCCCC2)ccc1OCC#N. The van der Waals surface area contributed by atoms with Gasteiger partial charge in [0.05, 0.1) is 13.7 Å². The maximum atomic E-state index is 8.68. The second kappa shape index (κ2) is 9.75. The molecular formula is C22H31N3O2. The number of aliphatic imine (C=N–C) groups is 1. The lowest BCUT2D eigenvalue weighted by molar-refractivity contribution is 0.0409. The van der Waals surface area contributed by atoms with Crippen molar-refractivity contribution in [3.63, 3.8) is 0 Å². The molecule has 0 N–H and O–H groups in total. The number of nitriles is 1. The first-order valence-corrected chi connectivity index (χ1v) is 10.2. The molecule has 0 spiro atoms. The highest BCUT2D eigenvalue weighted by Crippen LogP contribution is 2.36. The van der Waals surface area contributed by atoms with Crippen molar-refractivity contribution >= 4 is 6.21 Å². The Morgan fingerprint density at radius 3 is 2.56 bits per heavy atom. The lowest BCUT2D eigenvalue weighted by Gasteiger charge is -2.47. The third-order valence-corrected chi connectivity index (χ3v) is 5.92. The average molecular weight is 370 g/mol. The largest absolute Gasteiger partial charge is 0.493 e. The topological polar surface area (TPSA) is 57.9 Å². The molecule has 1 aliphatic heterocycles. The van der Waals surface area contributed by atoms with Crippen LogP contribution in [0.5, 0.6) is 11.5 Å². The molecule has 2 aliphatic rings. The van der Waals surface area contributed by atoms with Gasteiger partial charge in [0.2, 0.25) is 0 Å². The monoisotopic (exact) mass is 369 g/mol. The zero-order chi connectivity index (χ0) is 19.0. The predicted molar refractivity (Wildman–Crippen MR) is 108 cm³/mol. The Bertz CT molecular complexity index is 669. The van der Waals surface area contributed by atoms with Gasteiger partial charge < -0.3 is 9.47 Å². The summed E-state index contributed by atoms with van der Waals surface area (Å²) in [5.74, 6) is 1.23. The number of hydrogen-bond donors (Lipinski definition) is 0. The first-order valence-electron chi connectivity index (χ1n) is 10.2. The molecule has 5 heteroatoms. The Kier molecular flexibility index (Phi) is 7.11. The number of likely N-dealkylation sites (tertiary alicyclic amines) is 1. The molecule has 0 bridgehead atoms. The number of rotatable bonds is 7. The van der Waals surface area contributed by atoms with Gasteiger partial charge in [-0.2, -0.15) is 5.26 Å². The van der Waals surface area contributed by atoms with Gasteiger partial charge in [0.1, 0.15) is 6.07 Å².